The number of hydrogen-bond acceptors (Lipinski definition) is 1. The first-order valence-electron chi connectivity index (χ1n) is 8.68. The molecule has 3 aromatic rings. The van der Waals surface area contributed by atoms with E-state index in [0.29, 0.717) is 6.04 Å². The van der Waals surface area contributed by atoms with Crippen LogP contribution in [0.5, 0.6) is 0 Å². The molecule has 1 heterocycles. The van der Waals surface area contributed by atoms with E-state index >= 15 is 0 Å². The Balaban J connectivity index is 1.80. The second-order valence-corrected chi connectivity index (χ2v) is 6.75. The van der Waals surface area contributed by atoms with Crippen LogP contribution in [0.15, 0.2) is 48.5 Å². The molecule has 2 aromatic carbocycles. The lowest BCUT2D eigenvalue weighted by molar-refractivity contribution is 0.633. The summed E-state index contributed by atoms with van der Waals surface area (Å²) in [4.78, 5) is 0. The maximum atomic E-state index is 3.75. The molecule has 2 heteroatoms. The molecule has 1 atom stereocenters. The first-order chi connectivity index (χ1) is 11.2. The fraction of sp³-hybridized carbons (Fsp3) is 0.333. The van der Waals surface area contributed by atoms with Gasteiger partial charge in [0.25, 0.3) is 0 Å². The molecule has 1 aromatic heterocycles. The molecule has 0 bridgehead atoms. The summed E-state index contributed by atoms with van der Waals surface area (Å²) in [5.74, 6) is 0. The molecule has 0 unspecified atom stereocenters. The van der Waals surface area contributed by atoms with Crippen LogP contribution in [-0.4, -0.2) is 4.68 Å². The Morgan fingerprint density at radius 3 is 2.61 bits per heavy atom. The molecule has 0 saturated heterocycles. The fourth-order valence-corrected chi connectivity index (χ4v) is 3.82. The van der Waals surface area contributed by atoms with Gasteiger partial charge in [0.15, 0.2) is 0 Å². The highest BCUT2D eigenvalue weighted by atomic mass is 15.4. The first-order valence-corrected chi connectivity index (χ1v) is 8.68. The van der Waals surface area contributed by atoms with Crippen molar-refractivity contribution in [1.82, 2.24) is 4.68 Å². The second kappa shape index (κ2) is 5.77. The molecule has 1 aliphatic rings. The highest BCUT2D eigenvalue weighted by Gasteiger charge is 2.21. The van der Waals surface area contributed by atoms with Gasteiger partial charge >= 0.3 is 0 Å². The van der Waals surface area contributed by atoms with Gasteiger partial charge in [-0.3, -0.25) is 4.68 Å². The summed E-state index contributed by atoms with van der Waals surface area (Å²) in [5.41, 5.74) is 10.8. The van der Waals surface area contributed by atoms with Crippen molar-refractivity contribution in [3.63, 3.8) is 0 Å². The standard InChI is InChI=1S/C21H24N2/c1-15-12-13-21-19(14-15)18-10-6-7-11-20(18)23(21)22-16(2)17-8-4-3-5-9-17/h3-5,8-9,12-14,16,22H,6-7,10-11H2,1-2H3/t16-/m0/s1. The van der Waals surface area contributed by atoms with Gasteiger partial charge in [0.05, 0.1) is 11.6 Å². The van der Waals surface area contributed by atoms with Gasteiger partial charge in [-0.2, -0.15) is 0 Å². The average molecular weight is 304 g/mol. The summed E-state index contributed by atoms with van der Waals surface area (Å²) in [6, 6.07) is 17.8. The maximum Gasteiger partial charge on any atom is 0.0698 e. The molecule has 118 valence electrons. The van der Waals surface area contributed by atoms with Crippen LogP contribution in [0.25, 0.3) is 10.9 Å². The maximum absolute atomic E-state index is 3.75. The first kappa shape index (κ1) is 14.4. The molecular formula is C21H24N2. The molecular weight excluding hydrogens is 280 g/mol. The number of nitrogens with one attached hydrogen (secondary N) is 1. The normalized spacial score (nSPS) is 15.4. The van der Waals surface area contributed by atoms with E-state index in [-0.39, 0.29) is 0 Å². The van der Waals surface area contributed by atoms with Gasteiger partial charge < -0.3 is 5.43 Å². The minimum absolute atomic E-state index is 0.291. The predicted octanol–water partition coefficient (Wildman–Crippen LogP) is 5.13. The van der Waals surface area contributed by atoms with Crippen molar-refractivity contribution in [3.05, 3.63) is 70.9 Å². The van der Waals surface area contributed by atoms with Gasteiger partial charge in [0, 0.05) is 11.1 Å². The predicted molar refractivity (Wildman–Crippen MR) is 97.5 cm³/mol. The summed E-state index contributed by atoms with van der Waals surface area (Å²) in [5, 5.41) is 1.44. The molecule has 1 N–H and O–H groups in total. The Hall–Kier alpha value is -2.22. The molecule has 1 aliphatic carbocycles. The molecule has 23 heavy (non-hydrogen) atoms. The lowest BCUT2D eigenvalue weighted by atomic mass is 9.95. The lowest BCUT2D eigenvalue weighted by Gasteiger charge is -2.22. The van der Waals surface area contributed by atoms with Gasteiger partial charge in [-0.15, -0.1) is 0 Å². The molecule has 0 fully saturated rings. The third kappa shape index (κ3) is 2.52. The number of rotatable bonds is 3. The van der Waals surface area contributed by atoms with Crippen LogP contribution >= 0.6 is 0 Å². The summed E-state index contributed by atoms with van der Waals surface area (Å²) in [6.07, 6.45) is 5.00. The van der Waals surface area contributed by atoms with Crippen molar-refractivity contribution in [1.29, 1.82) is 0 Å². The van der Waals surface area contributed by atoms with Crippen LogP contribution in [0.4, 0.5) is 0 Å². The van der Waals surface area contributed by atoms with E-state index in [2.05, 4.69) is 72.5 Å². The minimum Gasteiger partial charge on any atom is -0.318 e. The van der Waals surface area contributed by atoms with E-state index in [0.717, 1.165) is 0 Å². The zero-order chi connectivity index (χ0) is 15.8. The molecule has 2 nitrogen and oxygen atoms in total. The lowest BCUT2D eigenvalue weighted by Crippen LogP contribution is -2.22. The Kier molecular flexibility index (Phi) is 3.60. The highest BCUT2D eigenvalue weighted by molar-refractivity contribution is 5.86. The van der Waals surface area contributed by atoms with E-state index in [4.69, 9.17) is 0 Å². The van der Waals surface area contributed by atoms with Gasteiger partial charge in [-0.25, -0.2) is 0 Å². The summed E-state index contributed by atoms with van der Waals surface area (Å²) >= 11 is 0. The van der Waals surface area contributed by atoms with E-state index in [1.165, 1.54) is 53.4 Å². The van der Waals surface area contributed by atoms with Crippen molar-refractivity contribution < 1.29 is 0 Å². The second-order valence-electron chi connectivity index (χ2n) is 6.75. The van der Waals surface area contributed by atoms with Gasteiger partial charge in [-0.1, -0.05) is 42.0 Å². The molecule has 0 amide bonds. The molecule has 0 saturated carbocycles. The van der Waals surface area contributed by atoms with Gasteiger partial charge in [0.2, 0.25) is 0 Å². The summed E-state index contributed by atoms with van der Waals surface area (Å²) in [7, 11) is 0. The summed E-state index contributed by atoms with van der Waals surface area (Å²) < 4.78 is 2.36. The van der Waals surface area contributed by atoms with E-state index in [1.807, 2.05) is 0 Å². The third-order valence-corrected chi connectivity index (χ3v) is 5.05. The van der Waals surface area contributed by atoms with Crippen LogP contribution in [0.1, 0.15) is 48.2 Å². The van der Waals surface area contributed by atoms with Crippen molar-refractivity contribution in [3.8, 4) is 0 Å². The largest absolute Gasteiger partial charge is 0.318 e. The minimum atomic E-state index is 0.291. The number of aromatic nitrogens is 1. The monoisotopic (exact) mass is 304 g/mol. The molecule has 4 rings (SSSR count). The number of nitrogens with zero attached hydrogens (tertiary/aromatic N) is 1. The Morgan fingerprint density at radius 2 is 1.78 bits per heavy atom. The number of aryl methyl sites for hydroxylation is 2. The Morgan fingerprint density at radius 1 is 1.00 bits per heavy atom. The van der Waals surface area contributed by atoms with Crippen LogP contribution < -0.4 is 5.43 Å². The highest BCUT2D eigenvalue weighted by Crippen LogP contribution is 2.32. The SMILES string of the molecule is Cc1ccc2c(c1)c1c(n2N[C@@H](C)c2ccccc2)CCCC1. The van der Waals surface area contributed by atoms with Crippen molar-refractivity contribution in [2.45, 2.75) is 45.6 Å². The zero-order valence-corrected chi connectivity index (χ0v) is 14.0. The van der Waals surface area contributed by atoms with Crippen molar-refractivity contribution in [2.75, 3.05) is 5.43 Å². The smallest absolute Gasteiger partial charge is 0.0698 e. The third-order valence-electron chi connectivity index (χ3n) is 5.05. The van der Waals surface area contributed by atoms with E-state index in [9.17, 15) is 0 Å². The van der Waals surface area contributed by atoms with E-state index in [1.54, 1.807) is 5.56 Å². The molecule has 0 radical (unpaired) electrons. The molecule has 0 spiro atoms. The fourth-order valence-electron chi connectivity index (χ4n) is 3.82. The topological polar surface area (TPSA) is 17.0 Å². The Bertz CT molecular complexity index is 830. The van der Waals surface area contributed by atoms with Crippen LogP contribution in [0, 0.1) is 6.92 Å². The van der Waals surface area contributed by atoms with E-state index < -0.39 is 0 Å². The number of fused-ring (bicyclic) bond motifs is 3. The average Bonchev–Trinajstić information content (AvgIpc) is 2.89. The zero-order valence-electron chi connectivity index (χ0n) is 14.0. The quantitative estimate of drug-likeness (QED) is 0.709. The van der Waals surface area contributed by atoms with Gasteiger partial charge in [-0.05, 0) is 62.8 Å². The van der Waals surface area contributed by atoms with Gasteiger partial charge in [0.1, 0.15) is 0 Å². The van der Waals surface area contributed by atoms with Crippen molar-refractivity contribution >= 4 is 10.9 Å². The van der Waals surface area contributed by atoms with Crippen LogP contribution in [-0.2, 0) is 12.8 Å². The van der Waals surface area contributed by atoms with Crippen molar-refractivity contribution in [2.24, 2.45) is 0 Å². The Labute approximate surface area is 138 Å². The number of hydrogen-bond donors (Lipinski definition) is 1. The van der Waals surface area contributed by atoms with Crippen LogP contribution in [0.2, 0.25) is 0 Å². The van der Waals surface area contributed by atoms with Crippen LogP contribution in [0.3, 0.4) is 0 Å². The number of benzene rings is 2. The molecule has 0 aliphatic heterocycles. The summed E-state index contributed by atoms with van der Waals surface area (Å²) in [6.45, 7) is 4.43.